The van der Waals surface area contributed by atoms with E-state index in [4.69, 9.17) is 58.3 Å². The third-order valence-corrected chi connectivity index (χ3v) is 5.50. The zero-order valence-electron chi connectivity index (χ0n) is 25.2. The second-order valence-corrected chi connectivity index (χ2v) is 12.6. The van der Waals surface area contributed by atoms with Crippen molar-refractivity contribution in [2.75, 3.05) is 132 Å². The number of nitrogens with zero attached hydrogens (tertiary/aromatic N) is 1. The van der Waals surface area contributed by atoms with Gasteiger partial charge in [-0.15, -0.1) is 0 Å². The van der Waals surface area contributed by atoms with Gasteiger partial charge in [0.25, 0.3) is 0 Å². The normalized spacial score (nSPS) is 12.5. The Bertz CT molecular complexity index is 652. The van der Waals surface area contributed by atoms with Gasteiger partial charge < -0.3 is 62.8 Å². The van der Waals surface area contributed by atoms with E-state index >= 15 is 0 Å². The van der Waals surface area contributed by atoms with Crippen molar-refractivity contribution in [3.8, 4) is 0 Å². The van der Waals surface area contributed by atoms with Crippen molar-refractivity contribution in [1.29, 1.82) is 0 Å². The molecule has 0 saturated carbocycles. The fourth-order valence-electron chi connectivity index (χ4n) is 2.14. The van der Waals surface area contributed by atoms with Crippen molar-refractivity contribution >= 4 is 37.6 Å². The Balaban J connectivity index is -0.000000722. The van der Waals surface area contributed by atoms with Crippen molar-refractivity contribution in [3.05, 3.63) is 4.91 Å². The predicted molar refractivity (Wildman–Crippen MR) is 167 cm³/mol. The van der Waals surface area contributed by atoms with Crippen LogP contribution in [0, 0.1) is 4.91 Å². The summed E-state index contributed by atoms with van der Waals surface area (Å²) in [7, 11) is 0. The van der Waals surface area contributed by atoms with Gasteiger partial charge in [-0.2, -0.15) is 4.91 Å². The molecular weight excluding hydrogens is 658 g/mol. The molecule has 21 heteroatoms. The van der Waals surface area contributed by atoms with E-state index in [1.807, 2.05) is 13.8 Å². The molecule has 43 heavy (non-hydrogen) atoms. The van der Waals surface area contributed by atoms with Crippen LogP contribution in [-0.2, 0) is 63.3 Å². The third kappa shape index (κ3) is 55.1. The van der Waals surface area contributed by atoms with Crippen molar-refractivity contribution in [3.63, 3.8) is 0 Å². The van der Waals surface area contributed by atoms with Crippen LogP contribution >= 0.6 is 25.8 Å². The summed E-state index contributed by atoms with van der Waals surface area (Å²) in [5, 5.41) is 2.64. The van der Waals surface area contributed by atoms with Crippen LogP contribution in [0.1, 0.15) is 13.8 Å². The molecule has 0 aromatic rings. The van der Waals surface area contributed by atoms with Crippen LogP contribution in [-0.4, -0.2) is 147 Å². The standard InChI is InChI=1S/C12H28NO8PS.C8H18NO7PS.C2H6/c13-1-2-16-3-4-17-5-6-18-7-8-19-9-10-20-11-12-21-22(14,15)23;10-9-1-2-13-3-4-14-5-6-15-7-8-16-17(11,12)18;1-2/h1-13H2,(H2,14,15,23);1-8H2,(H2,11,12,18);1-2H3. The van der Waals surface area contributed by atoms with Gasteiger partial charge in [-0.3, -0.25) is 4.52 Å². The van der Waals surface area contributed by atoms with Gasteiger partial charge in [-0.25, -0.2) is 4.57 Å². The number of rotatable bonds is 31. The summed E-state index contributed by atoms with van der Waals surface area (Å²) in [6.45, 7) is 4.04. The summed E-state index contributed by atoms with van der Waals surface area (Å²) in [6, 6.07) is 0. The minimum atomic E-state index is -3.71. The SMILES string of the molecule is CC.NCCOCCOCCOCCOCCOCCOP(=O)(O)S.O=NCCOCCOCCOCCOP(O)(O)=S. The third-order valence-electron chi connectivity index (χ3n) is 3.80. The molecule has 0 aliphatic rings. The Morgan fingerprint density at radius 3 is 1.14 bits per heavy atom. The molecule has 5 N–H and O–H groups in total. The van der Waals surface area contributed by atoms with E-state index in [2.05, 4.69) is 38.3 Å². The van der Waals surface area contributed by atoms with Gasteiger partial charge in [0.05, 0.1) is 119 Å². The Hall–Kier alpha value is 0.270. The van der Waals surface area contributed by atoms with Gasteiger partial charge in [0, 0.05) is 6.54 Å². The molecule has 0 fully saturated rings. The van der Waals surface area contributed by atoms with E-state index in [1.165, 1.54) is 0 Å². The average molecular weight is 711 g/mol. The van der Waals surface area contributed by atoms with Crippen LogP contribution < -0.4 is 5.73 Å². The van der Waals surface area contributed by atoms with Gasteiger partial charge in [0.1, 0.15) is 6.54 Å². The lowest BCUT2D eigenvalue weighted by Crippen LogP contribution is -2.15. The highest BCUT2D eigenvalue weighted by Crippen LogP contribution is 2.46. The molecule has 0 aliphatic heterocycles. The predicted octanol–water partition coefficient (Wildman–Crippen LogP) is 1.13. The summed E-state index contributed by atoms with van der Waals surface area (Å²) in [5.74, 6) is 0. The summed E-state index contributed by atoms with van der Waals surface area (Å²) in [4.78, 5) is 35.9. The monoisotopic (exact) mass is 710 g/mol. The maximum absolute atomic E-state index is 10.7. The van der Waals surface area contributed by atoms with Crippen LogP contribution in [0.25, 0.3) is 0 Å². The zero-order valence-corrected chi connectivity index (χ0v) is 28.7. The first kappa shape index (κ1) is 47.7. The van der Waals surface area contributed by atoms with Crippen LogP contribution in [0.15, 0.2) is 5.18 Å². The molecule has 0 saturated heterocycles. The Morgan fingerprint density at radius 1 is 0.581 bits per heavy atom. The highest BCUT2D eigenvalue weighted by atomic mass is 32.7. The second kappa shape index (κ2) is 38.5. The molecule has 0 amide bonds. The van der Waals surface area contributed by atoms with Crippen LogP contribution in [0.5, 0.6) is 0 Å². The molecule has 0 spiro atoms. The number of nitrogens with two attached hydrogens (primary N) is 1. The minimum Gasteiger partial charge on any atom is -0.378 e. The molecular formula is C22H52N2O15P2S2. The number of nitroso groups, excluding NO2 is 1. The van der Waals surface area contributed by atoms with E-state index in [-0.39, 0.29) is 33.0 Å². The molecule has 0 aromatic carbocycles. The largest absolute Gasteiger partial charge is 0.383 e. The average Bonchev–Trinajstić information content (AvgIpc) is 2.95. The molecule has 17 nitrogen and oxygen atoms in total. The molecule has 1 unspecified atom stereocenters. The van der Waals surface area contributed by atoms with Crippen LogP contribution in [0.2, 0.25) is 0 Å². The highest BCUT2D eigenvalue weighted by Gasteiger charge is 2.10. The summed E-state index contributed by atoms with van der Waals surface area (Å²) >= 11 is 7.60. The molecule has 0 radical (unpaired) electrons. The molecule has 1 atom stereocenters. The van der Waals surface area contributed by atoms with E-state index in [9.17, 15) is 9.47 Å². The first-order valence-corrected chi connectivity index (χ1v) is 19.0. The zero-order chi connectivity index (χ0) is 32.9. The lowest BCUT2D eigenvalue weighted by atomic mass is 10.7. The van der Waals surface area contributed by atoms with Crippen molar-refractivity contribution < 1.29 is 66.2 Å². The first-order valence-electron chi connectivity index (χ1n) is 13.6. The van der Waals surface area contributed by atoms with E-state index < -0.39 is 13.5 Å². The Labute approximate surface area is 265 Å². The topological polar surface area (TPSA) is 226 Å². The van der Waals surface area contributed by atoms with Gasteiger partial charge >= 0.3 is 13.5 Å². The lowest BCUT2D eigenvalue weighted by Gasteiger charge is -2.09. The fraction of sp³-hybridized carbons (Fsp3) is 1.00. The maximum atomic E-state index is 10.7. The summed E-state index contributed by atoms with van der Waals surface area (Å²) < 4.78 is 61.1. The number of hydrogen-bond acceptors (Lipinski definition) is 15. The van der Waals surface area contributed by atoms with Crippen LogP contribution in [0.4, 0.5) is 0 Å². The van der Waals surface area contributed by atoms with Crippen molar-refractivity contribution in [2.45, 2.75) is 13.8 Å². The summed E-state index contributed by atoms with van der Waals surface area (Å²) in [6.07, 6.45) is 0. The number of thiol groups is 1. The quantitative estimate of drug-likeness (QED) is 0.0294. The Morgan fingerprint density at radius 2 is 0.860 bits per heavy atom. The van der Waals surface area contributed by atoms with Crippen LogP contribution in [0.3, 0.4) is 0 Å². The summed E-state index contributed by atoms with van der Waals surface area (Å²) in [5.41, 5.74) is 5.27. The van der Waals surface area contributed by atoms with E-state index in [0.29, 0.717) is 99.0 Å². The maximum Gasteiger partial charge on any atom is 0.383 e. The first-order chi connectivity index (χ1) is 20.6. The smallest absolute Gasteiger partial charge is 0.378 e. The van der Waals surface area contributed by atoms with Gasteiger partial charge in [0.2, 0.25) is 0 Å². The minimum absolute atomic E-state index is 0.0116. The van der Waals surface area contributed by atoms with E-state index in [1.54, 1.807) is 0 Å². The second-order valence-electron chi connectivity index (χ2n) is 7.19. The number of ether oxygens (including phenoxy) is 8. The number of hydrogen-bond donors (Lipinski definition) is 5. The molecule has 0 bridgehead atoms. The Kier molecular flexibility index (Phi) is 42.6. The fourth-order valence-corrected chi connectivity index (χ4v) is 3.23. The molecule has 0 heterocycles. The molecule has 0 aliphatic carbocycles. The molecule has 0 rings (SSSR count). The van der Waals surface area contributed by atoms with Crippen molar-refractivity contribution in [2.24, 2.45) is 10.9 Å². The van der Waals surface area contributed by atoms with E-state index in [0.717, 1.165) is 0 Å². The molecule has 0 aromatic heterocycles. The van der Waals surface area contributed by atoms with Gasteiger partial charge in [0.15, 0.2) is 0 Å². The van der Waals surface area contributed by atoms with Crippen molar-refractivity contribution in [1.82, 2.24) is 0 Å². The van der Waals surface area contributed by atoms with Gasteiger partial charge in [-0.05, 0) is 11.8 Å². The molecule has 262 valence electrons. The lowest BCUT2D eigenvalue weighted by molar-refractivity contribution is -0.0123. The highest BCUT2D eigenvalue weighted by molar-refractivity contribution is 8.44. The van der Waals surface area contributed by atoms with Gasteiger partial charge in [-0.1, -0.05) is 31.3 Å².